The van der Waals surface area contributed by atoms with Gasteiger partial charge in [-0.25, -0.2) is 9.78 Å². The van der Waals surface area contributed by atoms with Crippen LogP contribution in [-0.2, 0) is 9.53 Å². The Morgan fingerprint density at radius 3 is 2.74 bits per heavy atom. The summed E-state index contributed by atoms with van der Waals surface area (Å²) in [5.74, 6) is 0.00717. The van der Waals surface area contributed by atoms with E-state index in [4.69, 9.17) is 4.74 Å². The highest BCUT2D eigenvalue weighted by Crippen LogP contribution is 2.24. The van der Waals surface area contributed by atoms with E-state index in [9.17, 15) is 9.59 Å². The Morgan fingerprint density at radius 2 is 2.07 bits per heavy atom. The smallest absolute Gasteiger partial charge is 0.408 e. The first-order chi connectivity index (χ1) is 12.7. The average Bonchev–Trinajstić information content (AvgIpc) is 3.21. The molecule has 0 spiro atoms. The maximum atomic E-state index is 12.3. The molecule has 0 aliphatic rings. The Labute approximate surface area is 159 Å². The molecule has 3 aromatic heterocycles. The molecule has 3 heterocycles. The molecular weight excluding hydrogens is 368 g/mol. The van der Waals surface area contributed by atoms with E-state index in [1.54, 1.807) is 49.7 Å². The topological polar surface area (TPSA) is 111 Å². The molecular formula is C17H20N6O3S. The summed E-state index contributed by atoms with van der Waals surface area (Å²) in [6.45, 7) is 6.78. The van der Waals surface area contributed by atoms with Crippen molar-refractivity contribution in [3.8, 4) is 10.6 Å². The predicted molar refractivity (Wildman–Crippen MR) is 102 cm³/mol. The monoisotopic (exact) mass is 388 g/mol. The number of aromatic nitrogens is 4. The average molecular weight is 388 g/mol. The molecule has 3 rings (SSSR count). The molecule has 142 valence electrons. The summed E-state index contributed by atoms with van der Waals surface area (Å²) in [4.78, 5) is 33.5. The largest absolute Gasteiger partial charge is 0.444 e. The number of fused-ring (bicyclic) bond motifs is 1. The van der Waals surface area contributed by atoms with Crippen LogP contribution in [0.4, 0.5) is 10.7 Å². The summed E-state index contributed by atoms with van der Waals surface area (Å²) < 4.78 is 6.70. The number of ether oxygens (including phenoxy) is 1. The van der Waals surface area contributed by atoms with E-state index in [1.807, 2.05) is 23.6 Å². The fraction of sp³-hybridized carbons (Fsp3) is 0.353. The Bertz CT molecular complexity index is 961. The van der Waals surface area contributed by atoms with Crippen molar-refractivity contribution in [2.75, 3.05) is 5.32 Å². The van der Waals surface area contributed by atoms with Gasteiger partial charge in [-0.2, -0.15) is 9.50 Å². The van der Waals surface area contributed by atoms with Crippen molar-refractivity contribution in [2.45, 2.75) is 39.3 Å². The second kappa shape index (κ2) is 7.31. The van der Waals surface area contributed by atoms with Crippen LogP contribution < -0.4 is 10.6 Å². The van der Waals surface area contributed by atoms with Crippen LogP contribution in [0.5, 0.6) is 0 Å². The number of alkyl carbamates (subject to hydrolysis) is 1. The summed E-state index contributed by atoms with van der Waals surface area (Å²) in [6.07, 6.45) is 0.965. The zero-order valence-electron chi connectivity index (χ0n) is 15.4. The molecule has 0 bridgehead atoms. The first-order valence-electron chi connectivity index (χ1n) is 8.29. The van der Waals surface area contributed by atoms with E-state index in [2.05, 4.69) is 25.7 Å². The van der Waals surface area contributed by atoms with Gasteiger partial charge in [0.1, 0.15) is 11.6 Å². The normalized spacial score (nSPS) is 12.6. The maximum Gasteiger partial charge on any atom is 0.408 e. The highest BCUT2D eigenvalue weighted by molar-refractivity contribution is 7.13. The maximum absolute atomic E-state index is 12.3. The van der Waals surface area contributed by atoms with Gasteiger partial charge in [-0.3, -0.25) is 10.1 Å². The second-order valence-corrected chi connectivity index (χ2v) is 7.76. The Morgan fingerprint density at radius 1 is 1.30 bits per heavy atom. The number of carbonyl (C=O) groups excluding carboxylic acids is 2. The summed E-state index contributed by atoms with van der Waals surface area (Å²) in [7, 11) is 0. The molecule has 0 aliphatic heterocycles. The van der Waals surface area contributed by atoms with Gasteiger partial charge < -0.3 is 10.1 Å². The molecule has 1 unspecified atom stereocenters. The zero-order valence-corrected chi connectivity index (χ0v) is 16.2. The van der Waals surface area contributed by atoms with Crippen molar-refractivity contribution in [2.24, 2.45) is 0 Å². The van der Waals surface area contributed by atoms with Gasteiger partial charge >= 0.3 is 6.09 Å². The number of thiophene rings is 1. The molecule has 0 radical (unpaired) electrons. The van der Waals surface area contributed by atoms with Crippen LogP contribution in [-0.4, -0.2) is 43.2 Å². The van der Waals surface area contributed by atoms with E-state index in [0.29, 0.717) is 5.78 Å². The molecule has 3 aromatic rings. The molecule has 0 aromatic carbocycles. The van der Waals surface area contributed by atoms with Crippen LogP contribution >= 0.6 is 11.3 Å². The molecule has 0 saturated heterocycles. The fourth-order valence-electron chi connectivity index (χ4n) is 2.23. The summed E-state index contributed by atoms with van der Waals surface area (Å²) in [5, 5.41) is 11.3. The summed E-state index contributed by atoms with van der Waals surface area (Å²) in [6, 6.07) is 4.91. The number of nitrogens with one attached hydrogen (secondary N) is 2. The van der Waals surface area contributed by atoms with E-state index >= 15 is 0 Å². The highest BCUT2D eigenvalue weighted by Gasteiger charge is 2.22. The van der Waals surface area contributed by atoms with Crippen molar-refractivity contribution in [3.63, 3.8) is 0 Å². The van der Waals surface area contributed by atoms with Crippen LogP contribution in [0.15, 0.2) is 29.8 Å². The first-order valence-corrected chi connectivity index (χ1v) is 9.17. The molecule has 0 saturated carbocycles. The molecule has 2 N–H and O–H groups in total. The first kappa shape index (κ1) is 18.8. The van der Waals surface area contributed by atoms with Crippen molar-refractivity contribution in [1.29, 1.82) is 0 Å². The number of amides is 2. The van der Waals surface area contributed by atoms with Crippen molar-refractivity contribution < 1.29 is 14.3 Å². The van der Waals surface area contributed by atoms with Crippen LogP contribution in [0.25, 0.3) is 16.3 Å². The molecule has 0 fully saturated rings. The molecule has 0 aliphatic carbocycles. The van der Waals surface area contributed by atoms with Crippen LogP contribution in [0, 0.1) is 0 Å². The minimum Gasteiger partial charge on any atom is -0.444 e. The minimum atomic E-state index is -0.823. The van der Waals surface area contributed by atoms with Crippen LogP contribution in [0.3, 0.4) is 0 Å². The standard InChI is InChI=1S/C17H20N6O3S/c1-10(19-16(25)26-17(2,3)4)13(24)20-14-21-15-18-8-7-11(23(15)22-14)12-6-5-9-27-12/h5-10H,1-4H3,(H,19,25)(H,20,22,24). The Kier molecular flexibility index (Phi) is 5.08. The number of carbonyl (C=O) groups is 2. The van der Waals surface area contributed by atoms with Gasteiger partial charge in [-0.05, 0) is 45.2 Å². The number of hydrogen-bond acceptors (Lipinski definition) is 7. The minimum absolute atomic E-state index is 0.106. The van der Waals surface area contributed by atoms with E-state index in [0.717, 1.165) is 10.6 Å². The zero-order chi connectivity index (χ0) is 19.6. The number of rotatable bonds is 4. The van der Waals surface area contributed by atoms with Crippen LogP contribution in [0.1, 0.15) is 27.7 Å². The molecule has 10 heteroatoms. The lowest BCUT2D eigenvalue weighted by Crippen LogP contribution is -2.44. The van der Waals surface area contributed by atoms with Gasteiger partial charge in [0, 0.05) is 6.20 Å². The van der Waals surface area contributed by atoms with Crippen molar-refractivity contribution in [3.05, 3.63) is 29.8 Å². The van der Waals surface area contributed by atoms with Gasteiger partial charge in [-0.15, -0.1) is 16.4 Å². The third kappa shape index (κ3) is 4.59. The lowest BCUT2D eigenvalue weighted by atomic mass is 10.2. The van der Waals surface area contributed by atoms with Gasteiger partial charge in [0.2, 0.25) is 5.91 Å². The summed E-state index contributed by atoms with van der Waals surface area (Å²) in [5.41, 5.74) is 0.177. The number of hydrogen-bond donors (Lipinski definition) is 2. The molecule has 27 heavy (non-hydrogen) atoms. The molecule has 1 atom stereocenters. The van der Waals surface area contributed by atoms with Gasteiger partial charge in [0.05, 0.1) is 10.6 Å². The summed E-state index contributed by atoms with van der Waals surface area (Å²) >= 11 is 1.57. The SMILES string of the molecule is CC(NC(=O)OC(C)(C)C)C(=O)Nc1nc2nccc(-c3cccs3)n2n1. The lowest BCUT2D eigenvalue weighted by molar-refractivity contribution is -0.117. The number of nitrogens with zero attached hydrogens (tertiary/aromatic N) is 4. The van der Waals surface area contributed by atoms with Crippen molar-refractivity contribution in [1.82, 2.24) is 24.9 Å². The van der Waals surface area contributed by atoms with Gasteiger partial charge in [0.15, 0.2) is 0 Å². The van der Waals surface area contributed by atoms with Crippen LogP contribution in [0.2, 0.25) is 0 Å². The number of anilines is 1. The Hall–Kier alpha value is -3.01. The quantitative estimate of drug-likeness (QED) is 0.711. The predicted octanol–water partition coefficient (Wildman–Crippen LogP) is 2.70. The van der Waals surface area contributed by atoms with Gasteiger partial charge in [-0.1, -0.05) is 6.07 Å². The third-order valence-electron chi connectivity index (χ3n) is 3.38. The van der Waals surface area contributed by atoms with Gasteiger partial charge in [0.25, 0.3) is 11.7 Å². The fourth-order valence-corrected chi connectivity index (χ4v) is 2.96. The lowest BCUT2D eigenvalue weighted by Gasteiger charge is -2.21. The second-order valence-electron chi connectivity index (χ2n) is 6.81. The van der Waals surface area contributed by atoms with E-state index in [-0.39, 0.29) is 5.95 Å². The van der Waals surface area contributed by atoms with Crippen molar-refractivity contribution >= 4 is 35.1 Å². The molecule has 2 amide bonds. The van der Waals surface area contributed by atoms with E-state index < -0.39 is 23.6 Å². The third-order valence-corrected chi connectivity index (χ3v) is 4.27. The Balaban J connectivity index is 1.72. The van der Waals surface area contributed by atoms with E-state index in [1.165, 1.54) is 0 Å². The highest BCUT2D eigenvalue weighted by atomic mass is 32.1. The molecule has 9 nitrogen and oxygen atoms in total.